The van der Waals surface area contributed by atoms with Gasteiger partial charge in [0.25, 0.3) is 0 Å². The lowest BCUT2D eigenvalue weighted by Gasteiger charge is -2.22. The standard InChI is InChI=1S/C13H20Cl2N2/c1-13(2,3)6-11(14)8-17-7-10-4-5-16-9-12(10)15/h4-5,9,11,17H,6-8H2,1-3H3. The van der Waals surface area contributed by atoms with Crippen molar-refractivity contribution < 1.29 is 0 Å². The van der Waals surface area contributed by atoms with E-state index in [-0.39, 0.29) is 10.8 Å². The SMILES string of the molecule is CC(C)(C)CC(Cl)CNCc1ccncc1Cl. The summed E-state index contributed by atoms with van der Waals surface area (Å²) in [6, 6.07) is 1.92. The van der Waals surface area contributed by atoms with Crippen LogP contribution in [0.5, 0.6) is 0 Å². The van der Waals surface area contributed by atoms with Crippen molar-refractivity contribution in [1.29, 1.82) is 0 Å². The lowest BCUT2D eigenvalue weighted by Crippen LogP contribution is -2.26. The Morgan fingerprint density at radius 1 is 1.41 bits per heavy atom. The molecule has 0 aromatic carbocycles. The molecule has 1 atom stereocenters. The predicted molar refractivity (Wildman–Crippen MR) is 74.7 cm³/mol. The van der Waals surface area contributed by atoms with Gasteiger partial charge >= 0.3 is 0 Å². The van der Waals surface area contributed by atoms with Gasteiger partial charge in [0.1, 0.15) is 0 Å². The van der Waals surface area contributed by atoms with E-state index < -0.39 is 0 Å². The number of rotatable bonds is 5. The van der Waals surface area contributed by atoms with Gasteiger partial charge in [0.05, 0.1) is 5.02 Å². The third-order valence-electron chi connectivity index (χ3n) is 2.37. The van der Waals surface area contributed by atoms with E-state index in [0.29, 0.717) is 5.02 Å². The molecule has 4 heteroatoms. The van der Waals surface area contributed by atoms with Crippen LogP contribution in [0.3, 0.4) is 0 Å². The minimum absolute atomic E-state index is 0.149. The molecular weight excluding hydrogens is 255 g/mol. The molecule has 0 aliphatic carbocycles. The Morgan fingerprint density at radius 2 is 2.12 bits per heavy atom. The van der Waals surface area contributed by atoms with Crippen LogP contribution in [0, 0.1) is 5.41 Å². The van der Waals surface area contributed by atoms with Crippen molar-refractivity contribution in [2.45, 2.75) is 39.1 Å². The number of nitrogens with zero attached hydrogens (tertiary/aromatic N) is 1. The average molecular weight is 275 g/mol. The van der Waals surface area contributed by atoms with Crippen molar-refractivity contribution in [2.24, 2.45) is 5.41 Å². The Hall–Kier alpha value is -0.310. The Balaban J connectivity index is 2.31. The first kappa shape index (κ1) is 14.7. The largest absolute Gasteiger partial charge is 0.311 e. The molecule has 1 unspecified atom stereocenters. The fourth-order valence-corrected chi connectivity index (χ4v) is 2.41. The van der Waals surface area contributed by atoms with Gasteiger partial charge in [-0.2, -0.15) is 0 Å². The van der Waals surface area contributed by atoms with Gasteiger partial charge < -0.3 is 5.32 Å². The maximum atomic E-state index is 6.26. The average Bonchev–Trinajstić information content (AvgIpc) is 2.18. The van der Waals surface area contributed by atoms with Crippen LogP contribution < -0.4 is 5.32 Å². The predicted octanol–water partition coefficient (Wildman–Crippen LogP) is 3.87. The summed E-state index contributed by atoms with van der Waals surface area (Å²) in [5.74, 6) is 0. The maximum Gasteiger partial charge on any atom is 0.0634 e. The van der Waals surface area contributed by atoms with Gasteiger partial charge in [-0.3, -0.25) is 4.98 Å². The van der Waals surface area contributed by atoms with Crippen LogP contribution in [-0.4, -0.2) is 16.9 Å². The highest BCUT2D eigenvalue weighted by Gasteiger charge is 2.16. The molecule has 0 fully saturated rings. The maximum absolute atomic E-state index is 6.26. The number of halogens is 2. The molecule has 0 aliphatic rings. The molecule has 1 aromatic rings. The number of nitrogens with one attached hydrogen (secondary N) is 1. The number of aromatic nitrogens is 1. The number of pyridine rings is 1. The first-order valence-electron chi connectivity index (χ1n) is 5.81. The molecule has 1 N–H and O–H groups in total. The van der Waals surface area contributed by atoms with E-state index in [2.05, 4.69) is 31.1 Å². The zero-order valence-electron chi connectivity index (χ0n) is 10.6. The minimum atomic E-state index is 0.149. The summed E-state index contributed by atoms with van der Waals surface area (Å²) in [6.45, 7) is 8.11. The van der Waals surface area contributed by atoms with E-state index in [9.17, 15) is 0 Å². The van der Waals surface area contributed by atoms with Crippen molar-refractivity contribution >= 4 is 23.2 Å². The molecule has 0 saturated carbocycles. The highest BCUT2D eigenvalue weighted by atomic mass is 35.5. The summed E-state index contributed by atoms with van der Waals surface area (Å²) in [7, 11) is 0. The van der Waals surface area contributed by atoms with Crippen LogP contribution in [0.25, 0.3) is 0 Å². The van der Waals surface area contributed by atoms with E-state index in [0.717, 1.165) is 25.1 Å². The smallest absolute Gasteiger partial charge is 0.0634 e. The van der Waals surface area contributed by atoms with E-state index >= 15 is 0 Å². The van der Waals surface area contributed by atoms with Crippen molar-refractivity contribution in [3.63, 3.8) is 0 Å². The first-order chi connectivity index (χ1) is 7.88. The van der Waals surface area contributed by atoms with Gasteiger partial charge in [0, 0.05) is 30.9 Å². The molecule has 0 saturated heterocycles. The highest BCUT2D eigenvalue weighted by molar-refractivity contribution is 6.31. The lowest BCUT2D eigenvalue weighted by molar-refractivity contribution is 0.364. The molecule has 96 valence electrons. The quantitative estimate of drug-likeness (QED) is 0.825. The second-order valence-electron chi connectivity index (χ2n) is 5.46. The molecule has 0 aliphatic heterocycles. The second-order valence-corrected chi connectivity index (χ2v) is 6.48. The normalized spacial score (nSPS) is 13.7. The summed E-state index contributed by atoms with van der Waals surface area (Å²) in [4.78, 5) is 3.95. The molecule has 1 rings (SSSR count). The third-order valence-corrected chi connectivity index (χ3v) is 3.02. The van der Waals surface area contributed by atoms with Crippen LogP contribution in [-0.2, 0) is 6.54 Å². The third kappa shape index (κ3) is 6.25. The van der Waals surface area contributed by atoms with Crippen LogP contribution in [0.1, 0.15) is 32.8 Å². The van der Waals surface area contributed by atoms with Gasteiger partial charge in [-0.05, 0) is 23.5 Å². The number of hydrogen-bond donors (Lipinski definition) is 1. The van der Waals surface area contributed by atoms with Crippen molar-refractivity contribution in [1.82, 2.24) is 10.3 Å². The molecule has 0 bridgehead atoms. The summed E-state index contributed by atoms with van der Waals surface area (Å²) >= 11 is 12.3. The summed E-state index contributed by atoms with van der Waals surface area (Å²) in [5, 5.41) is 4.17. The molecular formula is C13H20Cl2N2. The highest BCUT2D eigenvalue weighted by Crippen LogP contribution is 2.23. The summed E-state index contributed by atoms with van der Waals surface area (Å²) in [5.41, 5.74) is 1.32. The first-order valence-corrected chi connectivity index (χ1v) is 6.63. The summed E-state index contributed by atoms with van der Waals surface area (Å²) in [6.07, 6.45) is 4.40. The van der Waals surface area contributed by atoms with Crippen molar-refractivity contribution in [3.8, 4) is 0 Å². The minimum Gasteiger partial charge on any atom is -0.311 e. The van der Waals surface area contributed by atoms with Crippen LogP contribution in [0.2, 0.25) is 5.02 Å². The zero-order valence-corrected chi connectivity index (χ0v) is 12.1. The molecule has 0 radical (unpaired) electrons. The lowest BCUT2D eigenvalue weighted by atomic mass is 9.90. The molecule has 17 heavy (non-hydrogen) atoms. The van der Waals surface area contributed by atoms with Crippen LogP contribution >= 0.6 is 23.2 Å². The van der Waals surface area contributed by atoms with Crippen molar-refractivity contribution in [3.05, 3.63) is 29.0 Å². The molecule has 0 amide bonds. The monoisotopic (exact) mass is 274 g/mol. The van der Waals surface area contributed by atoms with Gasteiger partial charge in [0.15, 0.2) is 0 Å². The van der Waals surface area contributed by atoms with Gasteiger partial charge in [-0.15, -0.1) is 11.6 Å². The van der Waals surface area contributed by atoms with Gasteiger partial charge in [0.2, 0.25) is 0 Å². The molecule has 2 nitrogen and oxygen atoms in total. The topological polar surface area (TPSA) is 24.9 Å². The Bertz CT molecular complexity index is 348. The van der Waals surface area contributed by atoms with E-state index in [1.54, 1.807) is 12.4 Å². The molecule has 1 heterocycles. The Labute approximate surface area is 114 Å². The Morgan fingerprint density at radius 3 is 2.71 bits per heavy atom. The number of hydrogen-bond acceptors (Lipinski definition) is 2. The Kier molecular flexibility index (Phi) is 5.71. The van der Waals surface area contributed by atoms with E-state index in [1.165, 1.54) is 0 Å². The van der Waals surface area contributed by atoms with Gasteiger partial charge in [-0.25, -0.2) is 0 Å². The fraction of sp³-hybridized carbons (Fsp3) is 0.615. The van der Waals surface area contributed by atoms with Crippen molar-refractivity contribution in [2.75, 3.05) is 6.54 Å². The number of alkyl halides is 1. The second kappa shape index (κ2) is 6.58. The zero-order chi connectivity index (χ0) is 12.9. The molecule has 0 spiro atoms. The summed E-state index contributed by atoms with van der Waals surface area (Å²) < 4.78 is 0. The molecule has 1 aromatic heterocycles. The van der Waals surface area contributed by atoms with Crippen LogP contribution in [0.4, 0.5) is 0 Å². The van der Waals surface area contributed by atoms with Gasteiger partial charge in [-0.1, -0.05) is 32.4 Å². The fourth-order valence-electron chi connectivity index (χ4n) is 1.65. The van der Waals surface area contributed by atoms with E-state index in [4.69, 9.17) is 23.2 Å². The van der Waals surface area contributed by atoms with E-state index in [1.807, 2.05) is 6.07 Å². The van der Waals surface area contributed by atoms with Crippen LogP contribution in [0.15, 0.2) is 18.5 Å².